The van der Waals surface area contributed by atoms with Gasteiger partial charge in [0.15, 0.2) is 0 Å². The Kier molecular flexibility index (Phi) is 5.42. The first-order valence-corrected chi connectivity index (χ1v) is 9.22. The van der Waals surface area contributed by atoms with Crippen LogP contribution in [0, 0.1) is 13.8 Å². The van der Waals surface area contributed by atoms with E-state index in [1.54, 1.807) is 0 Å². The van der Waals surface area contributed by atoms with Crippen molar-refractivity contribution >= 4 is 12.0 Å². The van der Waals surface area contributed by atoms with Gasteiger partial charge in [0.2, 0.25) is 0 Å². The molecule has 3 nitrogen and oxygen atoms in total. The van der Waals surface area contributed by atoms with Crippen LogP contribution >= 0.6 is 0 Å². The Morgan fingerprint density at radius 1 is 1.04 bits per heavy atom. The van der Waals surface area contributed by atoms with Crippen molar-refractivity contribution in [3.63, 3.8) is 0 Å². The molecule has 0 atom stereocenters. The van der Waals surface area contributed by atoms with E-state index in [-0.39, 0.29) is 0 Å². The van der Waals surface area contributed by atoms with E-state index in [1.165, 1.54) is 36.8 Å². The largest absolute Gasteiger partial charge is 0.457 e. The first-order chi connectivity index (χ1) is 12.1. The van der Waals surface area contributed by atoms with Crippen molar-refractivity contribution in [2.45, 2.75) is 46.5 Å². The topological polar surface area (TPSA) is 24.8 Å². The van der Waals surface area contributed by atoms with Gasteiger partial charge in [-0.15, -0.1) is 0 Å². The van der Waals surface area contributed by atoms with Crippen LogP contribution in [0.4, 0.5) is 5.69 Å². The van der Waals surface area contributed by atoms with E-state index in [0.717, 1.165) is 34.9 Å². The average molecular weight is 336 g/mol. The summed E-state index contributed by atoms with van der Waals surface area (Å²) in [5, 5.41) is 0. The van der Waals surface area contributed by atoms with Crippen molar-refractivity contribution < 1.29 is 4.74 Å². The molecule has 0 saturated heterocycles. The van der Waals surface area contributed by atoms with Crippen molar-refractivity contribution in [2.75, 3.05) is 13.6 Å². The van der Waals surface area contributed by atoms with E-state index in [0.29, 0.717) is 0 Å². The van der Waals surface area contributed by atoms with E-state index in [2.05, 4.69) is 61.0 Å². The number of aryl methyl sites for hydroxylation is 4. The molecule has 3 heteroatoms. The highest BCUT2D eigenvalue weighted by atomic mass is 16.5. The lowest BCUT2D eigenvalue weighted by molar-refractivity contribution is 0.476. The zero-order chi connectivity index (χ0) is 17.8. The van der Waals surface area contributed by atoms with Gasteiger partial charge in [0, 0.05) is 13.6 Å². The van der Waals surface area contributed by atoms with Crippen LogP contribution in [-0.2, 0) is 12.8 Å². The molecule has 0 amide bonds. The molecule has 1 aliphatic carbocycles. The summed E-state index contributed by atoms with van der Waals surface area (Å²) in [7, 11) is 2.03. The molecule has 0 bridgehead atoms. The molecule has 0 aromatic heterocycles. The van der Waals surface area contributed by atoms with Crippen LogP contribution < -0.4 is 4.74 Å². The Hall–Kier alpha value is -2.29. The summed E-state index contributed by atoms with van der Waals surface area (Å²) >= 11 is 0. The van der Waals surface area contributed by atoms with E-state index < -0.39 is 0 Å². The van der Waals surface area contributed by atoms with E-state index in [9.17, 15) is 0 Å². The molecular formula is C22H28N2O. The lowest BCUT2D eigenvalue weighted by atomic mass is 9.92. The van der Waals surface area contributed by atoms with Crippen LogP contribution in [0.2, 0.25) is 0 Å². The summed E-state index contributed by atoms with van der Waals surface area (Å²) < 4.78 is 6.20. The maximum atomic E-state index is 6.20. The van der Waals surface area contributed by atoms with Gasteiger partial charge in [-0.05, 0) is 93.0 Å². The van der Waals surface area contributed by atoms with Gasteiger partial charge >= 0.3 is 0 Å². The first kappa shape index (κ1) is 17.5. The normalized spacial score (nSPS) is 13.8. The molecule has 25 heavy (non-hydrogen) atoms. The third-order valence-corrected chi connectivity index (χ3v) is 4.93. The number of nitrogens with zero attached hydrogens (tertiary/aromatic N) is 2. The fourth-order valence-electron chi connectivity index (χ4n) is 3.17. The van der Waals surface area contributed by atoms with Crippen LogP contribution in [0.3, 0.4) is 0 Å². The molecule has 0 spiro atoms. The molecule has 0 unspecified atom stereocenters. The monoisotopic (exact) mass is 336 g/mol. The maximum Gasteiger partial charge on any atom is 0.130 e. The molecule has 1 aliphatic rings. The molecule has 0 radical (unpaired) electrons. The smallest absolute Gasteiger partial charge is 0.130 e. The second-order valence-corrected chi connectivity index (χ2v) is 6.96. The van der Waals surface area contributed by atoms with Crippen LogP contribution in [-0.4, -0.2) is 24.8 Å². The molecule has 0 saturated carbocycles. The van der Waals surface area contributed by atoms with Crippen molar-refractivity contribution in [1.82, 2.24) is 4.90 Å². The van der Waals surface area contributed by atoms with E-state index in [4.69, 9.17) is 4.74 Å². The Balaban J connectivity index is 1.81. The number of aliphatic imine (C=N–C) groups is 1. The Bertz CT molecular complexity index is 780. The number of ether oxygens (including phenoxy) is 1. The highest BCUT2D eigenvalue weighted by molar-refractivity contribution is 5.64. The molecule has 0 heterocycles. The molecule has 0 fully saturated rings. The maximum absolute atomic E-state index is 6.20. The summed E-state index contributed by atoms with van der Waals surface area (Å²) in [5.41, 5.74) is 6.16. The van der Waals surface area contributed by atoms with Crippen molar-refractivity contribution in [3.8, 4) is 11.5 Å². The minimum Gasteiger partial charge on any atom is -0.457 e. The molecule has 132 valence electrons. The summed E-state index contributed by atoms with van der Waals surface area (Å²) in [6.45, 7) is 7.22. The van der Waals surface area contributed by atoms with Crippen LogP contribution in [0.1, 0.15) is 42.0 Å². The second kappa shape index (κ2) is 7.73. The molecule has 3 rings (SSSR count). The van der Waals surface area contributed by atoms with Gasteiger partial charge in [-0.1, -0.05) is 6.07 Å². The van der Waals surface area contributed by atoms with E-state index in [1.807, 2.05) is 13.4 Å². The Morgan fingerprint density at radius 2 is 1.80 bits per heavy atom. The number of fused-ring (bicyclic) bond motifs is 1. The number of hydrogen-bond donors (Lipinski definition) is 0. The van der Waals surface area contributed by atoms with Crippen LogP contribution in [0.5, 0.6) is 11.5 Å². The third-order valence-electron chi connectivity index (χ3n) is 4.93. The summed E-state index contributed by atoms with van der Waals surface area (Å²) in [4.78, 5) is 6.65. The van der Waals surface area contributed by atoms with Gasteiger partial charge in [0.25, 0.3) is 0 Å². The highest BCUT2D eigenvalue weighted by Crippen LogP contribution is 2.33. The summed E-state index contributed by atoms with van der Waals surface area (Å²) in [6, 6.07) is 10.7. The average Bonchev–Trinajstić information content (AvgIpc) is 2.63. The van der Waals surface area contributed by atoms with Crippen LogP contribution in [0.25, 0.3) is 0 Å². The Labute approximate surface area is 151 Å². The zero-order valence-electron chi connectivity index (χ0n) is 15.8. The third kappa shape index (κ3) is 4.22. The highest BCUT2D eigenvalue weighted by Gasteiger charge is 2.11. The Morgan fingerprint density at radius 3 is 2.56 bits per heavy atom. The molecule has 0 aliphatic heterocycles. The minimum absolute atomic E-state index is 0.913. The molecule has 2 aromatic carbocycles. The summed E-state index contributed by atoms with van der Waals surface area (Å²) in [6.07, 6.45) is 6.84. The second-order valence-electron chi connectivity index (χ2n) is 6.96. The van der Waals surface area contributed by atoms with Gasteiger partial charge in [-0.2, -0.15) is 0 Å². The fraction of sp³-hybridized carbons (Fsp3) is 0.409. The van der Waals surface area contributed by atoms with Gasteiger partial charge < -0.3 is 9.64 Å². The molecule has 2 aromatic rings. The van der Waals surface area contributed by atoms with E-state index >= 15 is 0 Å². The van der Waals surface area contributed by atoms with Crippen LogP contribution in [0.15, 0.2) is 35.3 Å². The SMILES string of the molecule is CCN(C)/C=N/c1cc(C)c(Oc2ccc3c(c2)CCCC3)cc1C. The van der Waals surface area contributed by atoms with Crippen molar-refractivity contribution in [1.29, 1.82) is 0 Å². The minimum atomic E-state index is 0.913. The zero-order valence-corrected chi connectivity index (χ0v) is 15.8. The predicted octanol–water partition coefficient (Wildman–Crippen LogP) is 5.59. The van der Waals surface area contributed by atoms with Gasteiger partial charge in [0.05, 0.1) is 12.0 Å². The molecule has 0 N–H and O–H groups in total. The summed E-state index contributed by atoms with van der Waals surface area (Å²) in [5.74, 6) is 1.85. The lowest BCUT2D eigenvalue weighted by Gasteiger charge is -2.17. The van der Waals surface area contributed by atoms with Gasteiger partial charge in [-0.25, -0.2) is 4.99 Å². The van der Waals surface area contributed by atoms with Gasteiger partial charge in [0.1, 0.15) is 11.5 Å². The van der Waals surface area contributed by atoms with Crippen molar-refractivity contribution in [2.24, 2.45) is 4.99 Å². The number of rotatable bonds is 5. The van der Waals surface area contributed by atoms with Crippen molar-refractivity contribution in [3.05, 3.63) is 52.6 Å². The molecular weight excluding hydrogens is 308 g/mol. The lowest BCUT2D eigenvalue weighted by Crippen LogP contribution is -2.14. The quantitative estimate of drug-likeness (QED) is 0.525. The number of hydrogen-bond acceptors (Lipinski definition) is 2. The fourth-order valence-corrected chi connectivity index (χ4v) is 3.17. The predicted molar refractivity (Wildman–Crippen MR) is 106 cm³/mol. The number of benzene rings is 2. The first-order valence-electron chi connectivity index (χ1n) is 9.22. The van der Waals surface area contributed by atoms with Gasteiger partial charge in [-0.3, -0.25) is 0 Å². The standard InChI is InChI=1S/C22H28N2O/c1-5-24(4)15-23-21-12-17(3)22(13-16(21)2)25-20-11-10-18-8-6-7-9-19(18)14-20/h10-15H,5-9H2,1-4H3/b23-15+.